The summed E-state index contributed by atoms with van der Waals surface area (Å²) < 4.78 is 40.9. The smallest absolute Gasteiger partial charge is 0.333 e. The van der Waals surface area contributed by atoms with E-state index < -0.39 is 11.7 Å². The Morgan fingerprint density at radius 1 is 0.743 bits per heavy atom. The van der Waals surface area contributed by atoms with Crippen LogP contribution in [-0.2, 0) is 6.18 Å². The van der Waals surface area contributed by atoms with Crippen molar-refractivity contribution in [1.29, 1.82) is 0 Å². The van der Waals surface area contributed by atoms with E-state index in [0.717, 1.165) is 23.3 Å². The number of hydrogen-bond donors (Lipinski definition) is 0. The van der Waals surface area contributed by atoms with E-state index in [9.17, 15) is 18.0 Å². The highest BCUT2D eigenvalue weighted by molar-refractivity contribution is 6.15. The lowest BCUT2D eigenvalue weighted by Gasteiger charge is -2.31. The highest BCUT2D eigenvalue weighted by atomic mass is 19.4. The molecule has 0 aliphatic carbocycles. The van der Waals surface area contributed by atoms with E-state index in [1.807, 2.05) is 83.8 Å². The van der Waals surface area contributed by atoms with Crippen molar-refractivity contribution in [3.05, 3.63) is 143 Å². The molecule has 1 atom stereocenters. The van der Waals surface area contributed by atoms with E-state index >= 15 is 0 Å². The number of nitrogens with zero attached hydrogens (tertiary/aromatic N) is 1. The maximum Gasteiger partial charge on any atom is 0.416 e. The average molecular weight is 470 g/mol. The molecule has 0 amide bonds. The lowest BCUT2D eigenvalue weighted by Crippen LogP contribution is -2.23. The standard InChI is InChI=1S/C30H22F3NO/c31-30(32,33)24-17-10-18-25(19-24)34-27(21-11-4-1-5-12-21)20-26(28(34)22-13-6-2-7-14-22)29(35)23-15-8-3-9-16-23/h1-19,27H,20H2. The number of carbonyl (C=O) groups excluding carboxylic acids is 1. The molecule has 2 nitrogen and oxygen atoms in total. The second kappa shape index (κ2) is 9.26. The first kappa shape index (κ1) is 22.7. The minimum Gasteiger partial charge on any atom is -0.333 e. The molecule has 0 fully saturated rings. The van der Waals surface area contributed by atoms with Gasteiger partial charge in [0.05, 0.1) is 17.3 Å². The monoisotopic (exact) mass is 469 g/mol. The van der Waals surface area contributed by atoms with Crippen LogP contribution in [0.1, 0.15) is 39.5 Å². The maximum atomic E-state index is 13.7. The second-order valence-electron chi connectivity index (χ2n) is 8.44. The molecule has 5 heteroatoms. The summed E-state index contributed by atoms with van der Waals surface area (Å²) in [5.74, 6) is -0.125. The SMILES string of the molecule is O=C(C1=C(c2ccccc2)N(c2cccc(C(F)(F)F)c2)C(c2ccccc2)C1)c1ccccc1. The number of Topliss-reactive ketones (excluding diaryl/α,β-unsaturated/α-hetero) is 1. The first-order valence-corrected chi connectivity index (χ1v) is 11.3. The van der Waals surface area contributed by atoms with Gasteiger partial charge in [-0.1, -0.05) is 97.1 Å². The minimum absolute atomic E-state index is 0.125. The van der Waals surface area contributed by atoms with E-state index in [0.29, 0.717) is 28.9 Å². The molecule has 0 saturated heterocycles. The third-order valence-electron chi connectivity index (χ3n) is 6.23. The van der Waals surface area contributed by atoms with Crippen LogP contribution in [0.25, 0.3) is 5.70 Å². The Bertz CT molecular complexity index is 1360. The molecule has 4 aromatic carbocycles. The fourth-order valence-electron chi connectivity index (χ4n) is 4.64. The van der Waals surface area contributed by atoms with Crippen LogP contribution in [0.2, 0.25) is 0 Å². The summed E-state index contributed by atoms with van der Waals surface area (Å²) in [6, 6.07) is 33.0. The topological polar surface area (TPSA) is 20.3 Å². The predicted octanol–water partition coefficient (Wildman–Crippen LogP) is 7.95. The number of ketones is 1. The summed E-state index contributed by atoms with van der Waals surface area (Å²) >= 11 is 0. The van der Waals surface area contributed by atoms with Gasteiger partial charge in [-0.2, -0.15) is 13.2 Å². The van der Waals surface area contributed by atoms with E-state index in [1.165, 1.54) is 6.07 Å². The quantitative estimate of drug-likeness (QED) is 0.277. The fourth-order valence-corrected chi connectivity index (χ4v) is 4.64. The number of hydrogen-bond acceptors (Lipinski definition) is 2. The minimum atomic E-state index is -4.47. The molecule has 0 saturated carbocycles. The second-order valence-corrected chi connectivity index (χ2v) is 8.44. The Kier molecular flexibility index (Phi) is 6.00. The van der Waals surface area contributed by atoms with Gasteiger partial charge in [-0.15, -0.1) is 0 Å². The van der Waals surface area contributed by atoms with E-state index in [-0.39, 0.29) is 11.8 Å². The van der Waals surface area contributed by atoms with Crippen molar-refractivity contribution < 1.29 is 18.0 Å². The highest BCUT2D eigenvalue weighted by Crippen LogP contribution is 2.48. The van der Waals surface area contributed by atoms with E-state index in [4.69, 9.17) is 0 Å². The van der Waals surface area contributed by atoms with Crippen LogP contribution in [0.15, 0.2) is 121 Å². The van der Waals surface area contributed by atoms with Crippen LogP contribution >= 0.6 is 0 Å². The van der Waals surface area contributed by atoms with Crippen LogP contribution in [0.3, 0.4) is 0 Å². The maximum absolute atomic E-state index is 13.7. The molecule has 0 spiro atoms. The van der Waals surface area contributed by atoms with Crippen molar-refractivity contribution in [1.82, 2.24) is 0 Å². The van der Waals surface area contributed by atoms with Crippen molar-refractivity contribution in [2.45, 2.75) is 18.6 Å². The molecule has 0 bridgehead atoms. The number of anilines is 1. The number of halogens is 3. The molecular weight excluding hydrogens is 447 g/mol. The molecule has 1 unspecified atom stereocenters. The largest absolute Gasteiger partial charge is 0.416 e. The van der Waals surface area contributed by atoms with Crippen LogP contribution in [0, 0.1) is 0 Å². The van der Waals surface area contributed by atoms with Crippen molar-refractivity contribution in [3.63, 3.8) is 0 Å². The molecule has 0 N–H and O–H groups in total. The van der Waals surface area contributed by atoms with Crippen LogP contribution in [0.4, 0.5) is 18.9 Å². The third-order valence-corrected chi connectivity index (χ3v) is 6.23. The lowest BCUT2D eigenvalue weighted by atomic mass is 9.95. The lowest BCUT2D eigenvalue weighted by molar-refractivity contribution is -0.137. The molecule has 174 valence electrons. The molecule has 0 aromatic heterocycles. The molecule has 1 heterocycles. The Balaban J connectivity index is 1.74. The predicted molar refractivity (Wildman–Crippen MR) is 132 cm³/mol. The number of rotatable bonds is 5. The first-order chi connectivity index (χ1) is 16.9. The van der Waals surface area contributed by atoms with Gasteiger partial charge in [0.1, 0.15) is 0 Å². The van der Waals surface area contributed by atoms with Gasteiger partial charge < -0.3 is 4.90 Å². The Hall–Kier alpha value is -4.12. The molecule has 35 heavy (non-hydrogen) atoms. The van der Waals surface area contributed by atoms with Gasteiger partial charge in [-0.05, 0) is 29.3 Å². The van der Waals surface area contributed by atoms with E-state index in [2.05, 4.69) is 0 Å². The van der Waals surface area contributed by atoms with Gasteiger partial charge in [0.15, 0.2) is 5.78 Å². The van der Waals surface area contributed by atoms with Crippen molar-refractivity contribution in [3.8, 4) is 0 Å². The molecule has 5 rings (SSSR count). The molecular formula is C30H22F3NO. The number of alkyl halides is 3. The first-order valence-electron chi connectivity index (χ1n) is 11.3. The van der Waals surface area contributed by atoms with Gasteiger partial charge >= 0.3 is 6.18 Å². The van der Waals surface area contributed by atoms with Crippen LogP contribution in [0.5, 0.6) is 0 Å². The zero-order valence-electron chi connectivity index (χ0n) is 18.7. The summed E-state index contributed by atoms with van der Waals surface area (Å²) in [7, 11) is 0. The summed E-state index contributed by atoms with van der Waals surface area (Å²) in [5.41, 5.74) is 3.13. The summed E-state index contributed by atoms with van der Waals surface area (Å²) in [6.45, 7) is 0. The van der Waals surface area contributed by atoms with Crippen LogP contribution < -0.4 is 4.90 Å². The molecule has 4 aromatic rings. The summed E-state index contributed by atoms with van der Waals surface area (Å²) in [6.07, 6.45) is -4.10. The zero-order chi connectivity index (χ0) is 24.4. The normalized spacial score (nSPS) is 16.0. The molecule has 0 radical (unpaired) electrons. The van der Waals surface area contributed by atoms with Crippen LogP contribution in [-0.4, -0.2) is 5.78 Å². The highest BCUT2D eigenvalue weighted by Gasteiger charge is 2.39. The zero-order valence-corrected chi connectivity index (χ0v) is 18.7. The van der Waals surface area contributed by atoms with Gasteiger partial charge in [0, 0.05) is 23.2 Å². The molecule has 1 aliphatic heterocycles. The van der Waals surface area contributed by atoms with Gasteiger partial charge in [-0.25, -0.2) is 0 Å². The molecule has 1 aliphatic rings. The number of carbonyl (C=O) groups is 1. The summed E-state index contributed by atoms with van der Waals surface area (Å²) in [5, 5.41) is 0. The Morgan fingerprint density at radius 2 is 1.34 bits per heavy atom. The van der Waals surface area contributed by atoms with Crippen molar-refractivity contribution >= 4 is 17.2 Å². The summed E-state index contributed by atoms with van der Waals surface area (Å²) in [4.78, 5) is 15.6. The van der Waals surface area contributed by atoms with Gasteiger partial charge in [-0.3, -0.25) is 4.79 Å². The fraction of sp³-hybridized carbons (Fsp3) is 0.100. The Morgan fingerprint density at radius 3 is 1.97 bits per heavy atom. The van der Waals surface area contributed by atoms with Gasteiger partial charge in [0.25, 0.3) is 0 Å². The van der Waals surface area contributed by atoms with Gasteiger partial charge in [0.2, 0.25) is 0 Å². The van der Waals surface area contributed by atoms with E-state index in [1.54, 1.807) is 18.2 Å². The number of benzene rings is 4. The van der Waals surface area contributed by atoms with Crippen molar-refractivity contribution in [2.75, 3.05) is 4.90 Å². The Labute approximate surface area is 202 Å². The van der Waals surface area contributed by atoms with Crippen molar-refractivity contribution in [2.24, 2.45) is 0 Å². The average Bonchev–Trinajstić information content (AvgIpc) is 3.30. The third kappa shape index (κ3) is 4.50.